The highest BCUT2D eigenvalue weighted by Crippen LogP contribution is 2.07. The van der Waals surface area contributed by atoms with E-state index in [0.29, 0.717) is 4.88 Å². The van der Waals surface area contributed by atoms with Gasteiger partial charge in [0.25, 0.3) is 5.91 Å². The molecule has 0 saturated heterocycles. The van der Waals surface area contributed by atoms with E-state index in [1.165, 1.54) is 11.3 Å². The summed E-state index contributed by atoms with van der Waals surface area (Å²) in [6.45, 7) is 3.88. The van der Waals surface area contributed by atoms with Gasteiger partial charge in [-0.05, 0) is 24.8 Å². The Morgan fingerprint density at radius 2 is 2.46 bits per heavy atom. The predicted octanol–water partition coefficient (Wildman–Crippen LogP) is 2.26. The number of nitrogens with one attached hydrogen (secondary N) is 1. The van der Waals surface area contributed by atoms with E-state index in [1.807, 2.05) is 25.3 Å². The van der Waals surface area contributed by atoms with Crippen LogP contribution in [0.1, 0.15) is 29.9 Å². The zero-order valence-electron chi connectivity index (χ0n) is 7.70. The third-order valence-electron chi connectivity index (χ3n) is 1.60. The molecule has 13 heavy (non-hydrogen) atoms. The largest absolute Gasteiger partial charge is 0.281 e. The van der Waals surface area contributed by atoms with E-state index < -0.39 is 0 Å². The Morgan fingerprint density at radius 3 is 3.00 bits per heavy atom. The first kappa shape index (κ1) is 9.92. The van der Waals surface area contributed by atoms with Crippen LogP contribution in [0.3, 0.4) is 0 Å². The zero-order valence-corrected chi connectivity index (χ0v) is 8.52. The maximum atomic E-state index is 11.3. The molecule has 4 heteroatoms. The molecule has 0 radical (unpaired) electrons. The maximum Gasteiger partial charge on any atom is 0.281 e. The summed E-state index contributed by atoms with van der Waals surface area (Å²) in [5, 5.41) is 5.79. The first-order valence-electron chi connectivity index (χ1n) is 4.11. The molecule has 3 nitrogen and oxygen atoms in total. The minimum Gasteiger partial charge on any atom is -0.266 e. The quantitative estimate of drug-likeness (QED) is 0.584. The Kier molecular flexibility index (Phi) is 3.64. The van der Waals surface area contributed by atoms with Crippen LogP contribution in [0.4, 0.5) is 0 Å². The first-order chi connectivity index (χ1) is 6.24. The molecule has 0 saturated carbocycles. The monoisotopic (exact) mass is 196 g/mol. The van der Waals surface area contributed by atoms with Gasteiger partial charge in [-0.1, -0.05) is 13.0 Å². The van der Waals surface area contributed by atoms with Gasteiger partial charge in [-0.25, -0.2) is 5.43 Å². The van der Waals surface area contributed by atoms with Crippen LogP contribution in [0.15, 0.2) is 22.6 Å². The lowest BCUT2D eigenvalue weighted by Gasteiger charge is -1.97. The number of hydrogen-bond donors (Lipinski definition) is 1. The van der Waals surface area contributed by atoms with Gasteiger partial charge >= 0.3 is 0 Å². The Balaban J connectivity index is 2.52. The number of carbonyl (C=O) groups excluding carboxylic acids is 1. The number of hydrogen-bond acceptors (Lipinski definition) is 3. The molecule has 0 aliphatic rings. The van der Waals surface area contributed by atoms with E-state index in [4.69, 9.17) is 0 Å². The Hall–Kier alpha value is -1.16. The molecule has 0 fully saturated rings. The van der Waals surface area contributed by atoms with Gasteiger partial charge in [-0.15, -0.1) is 11.3 Å². The van der Waals surface area contributed by atoms with Crippen molar-refractivity contribution in [1.29, 1.82) is 0 Å². The van der Waals surface area contributed by atoms with Gasteiger partial charge in [0.15, 0.2) is 0 Å². The molecule has 1 N–H and O–H groups in total. The highest BCUT2D eigenvalue weighted by Gasteiger charge is 2.03. The average Bonchev–Trinajstić information content (AvgIpc) is 2.66. The van der Waals surface area contributed by atoms with Crippen LogP contribution in [-0.2, 0) is 0 Å². The van der Waals surface area contributed by atoms with Crippen LogP contribution in [0.2, 0.25) is 0 Å². The van der Waals surface area contributed by atoms with Crippen molar-refractivity contribution < 1.29 is 4.79 Å². The van der Waals surface area contributed by atoms with Crippen molar-refractivity contribution in [2.45, 2.75) is 20.3 Å². The van der Waals surface area contributed by atoms with Crippen molar-refractivity contribution in [2.24, 2.45) is 5.10 Å². The number of nitrogens with zero attached hydrogens (tertiary/aromatic N) is 1. The molecular weight excluding hydrogens is 184 g/mol. The van der Waals surface area contributed by atoms with Crippen LogP contribution in [0.5, 0.6) is 0 Å². The number of amides is 1. The molecule has 1 aromatic rings. The summed E-state index contributed by atoms with van der Waals surface area (Å²) in [7, 11) is 0. The van der Waals surface area contributed by atoms with Gasteiger partial charge in [0, 0.05) is 5.71 Å². The Morgan fingerprint density at radius 1 is 1.69 bits per heavy atom. The van der Waals surface area contributed by atoms with Crippen LogP contribution in [-0.4, -0.2) is 11.6 Å². The second-order valence-electron chi connectivity index (χ2n) is 2.62. The van der Waals surface area contributed by atoms with Gasteiger partial charge in [0.2, 0.25) is 0 Å². The maximum absolute atomic E-state index is 11.3. The third-order valence-corrected chi connectivity index (χ3v) is 2.47. The number of carbonyl (C=O) groups is 1. The molecule has 0 unspecified atom stereocenters. The lowest BCUT2D eigenvalue weighted by molar-refractivity contribution is 0.0959. The minimum atomic E-state index is -0.136. The summed E-state index contributed by atoms with van der Waals surface area (Å²) in [6.07, 6.45) is 0.852. The van der Waals surface area contributed by atoms with Crippen molar-refractivity contribution in [3.8, 4) is 0 Å². The molecule has 1 rings (SSSR count). The Bertz CT molecular complexity index is 303. The van der Waals surface area contributed by atoms with E-state index in [1.54, 1.807) is 6.07 Å². The average molecular weight is 196 g/mol. The van der Waals surface area contributed by atoms with Gasteiger partial charge in [-0.3, -0.25) is 4.79 Å². The fourth-order valence-corrected chi connectivity index (χ4v) is 1.30. The molecule has 70 valence electrons. The van der Waals surface area contributed by atoms with Crippen molar-refractivity contribution >= 4 is 23.0 Å². The van der Waals surface area contributed by atoms with Crippen molar-refractivity contribution in [3.05, 3.63) is 22.4 Å². The summed E-state index contributed by atoms with van der Waals surface area (Å²) >= 11 is 1.41. The highest BCUT2D eigenvalue weighted by atomic mass is 32.1. The SMILES string of the molecule is CC/C(C)=N/NC(=O)c1cccs1. The number of rotatable bonds is 3. The van der Waals surface area contributed by atoms with E-state index in [9.17, 15) is 4.79 Å². The van der Waals surface area contributed by atoms with E-state index in [-0.39, 0.29) is 5.91 Å². The number of thiophene rings is 1. The molecule has 1 amide bonds. The topological polar surface area (TPSA) is 41.5 Å². The summed E-state index contributed by atoms with van der Waals surface area (Å²) in [4.78, 5) is 12.0. The van der Waals surface area contributed by atoms with E-state index in [0.717, 1.165) is 12.1 Å². The number of hydrazone groups is 1. The van der Waals surface area contributed by atoms with Gasteiger partial charge < -0.3 is 0 Å². The van der Waals surface area contributed by atoms with Crippen LogP contribution in [0, 0.1) is 0 Å². The summed E-state index contributed by atoms with van der Waals surface area (Å²) in [5.41, 5.74) is 3.42. The van der Waals surface area contributed by atoms with Gasteiger partial charge in [-0.2, -0.15) is 5.10 Å². The second kappa shape index (κ2) is 4.77. The summed E-state index contributed by atoms with van der Waals surface area (Å²) in [5.74, 6) is -0.136. The van der Waals surface area contributed by atoms with Crippen LogP contribution in [0.25, 0.3) is 0 Å². The Labute approximate surface area is 81.5 Å². The smallest absolute Gasteiger partial charge is 0.266 e. The predicted molar refractivity (Wildman–Crippen MR) is 55.2 cm³/mol. The van der Waals surface area contributed by atoms with Crippen molar-refractivity contribution in [2.75, 3.05) is 0 Å². The molecular formula is C9H12N2OS. The minimum absolute atomic E-state index is 0.136. The zero-order chi connectivity index (χ0) is 9.68. The summed E-state index contributed by atoms with van der Waals surface area (Å²) in [6, 6.07) is 3.62. The van der Waals surface area contributed by atoms with E-state index in [2.05, 4.69) is 10.5 Å². The van der Waals surface area contributed by atoms with Crippen molar-refractivity contribution in [1.82, 2.24) is 5.43 Å². The molecule has 0 aliphatic carbocycles. The molecule has 0 atom stereocenters. The molecule has 0 bridgehead atoms. The van der Waals surface area contributed by atoms with Gasteiger partial charge in [0.1, 0.15) is 0 Å². The molecule has 0 aliphatic heterocycles. The van der Waals surface area contributed by atoms with Crippen molar-refractivity contribution in [3.63, 3.8) is 0 Å². The van der Waals surface area contributed by atoms with E-state index >= 15 is 0 Å². The van der Waals surface area contributed by atoms with Gasteiger partial charge in [0.05, 0.1) is 4.88 Å². The highest BCUT2D eigenvalue weighted by molar-refractivity contribution is 7.12. The lowest BCUT2D eigenvalue weighted by atomic mass is 10.3. The van der Waals surface area contributed by atoms with Crippen LogP contribution < -0.4 is 5.43 Å². The molecule has 1 aromatic heterocycles. The summed E-state index contributed by atoms with van der Waals surface area (Å²) < 4.78 is 0. The third kappa shape index (κ3) is 2.99. The fraction of sp³-hybridized carbons (Fsp3) is 0.333. The lowest BCUT2D eigenvalue weighted by Crippen LogP contribution is -2.17. The molecule has 0 spiro atoms. The standard InChI is InChI=1S/C9H12N2OS/c1-3-7(2)10-11-9(12)8-5-4-6-13-8/h4-6H,3H2,1-2H3,(H,11,12)/b10-7+. The molecule has 1 heterocycles. The second-order valence-corrected chi connectivity index (χ2v) is 3.57. The normalized spacial score (nSPS) is 11.4. The first-order valence-corrected chi connectivity index (χ1v) is 4.99. The molecule has 0 aromatic carbocycles. The van der Waals surface area contributed by atoms with Crippen LogP contribution >= 0.6 is 11.3 Å². The fourth-order valence-electron chi connectivity index (χ4n) is 0.688.